The van der Waals surface area contributed by atoms with E-state index in [0.29, 0.717) is 0 Å². The molecule has 4 nitrogen and oxygen atoms in total. The van der Waals surface area contributed by atoms with Gasteiger partial charge in [-0.15, -0.1) is 0 Å². The normalized spacial score (nSPS) is 39.6. The number of carbonyl (C=O) groups excluding carboxylic acids is 2. The first-order valence-electron chi connectivity index (χ1n) is 3.74. The Balaban J connectivity index is 2.32. The van der Waals surface area contributed by atoms with Crippen molar-refractivity contribution in [3.8, 4) is 0 Å². The number of allylic oxidation sites excluding steroid dienone is 1. The zero-order valence-corrected chi connectivity index (χ0v) is 6.32. The summed E-state index contributed by atoms with van der Waals surface area (Å²) in [6, 6.07) is 0. The van der Waals surface area contributed by atoms with Gasteiger partial charge in [0.15, 0.2) is 5.78 Å². The van der Waals surface area contributed by atoms with Crippen LogP contribution in [-0.2, 0) is 14.3 Å². The third-order valence-corrected chi connectivity index (χ3v) is 2.20. The highest BCUT2D eigenvalue weighted by molar-refractivity contribution is 5.93. The highest BCUT2D eigenvalue weighted by Gasteiger charge is 2.48. The molecule has 1 aliphatic heterocycles. The fraction of sp³-hybridized carbons (Fsp3) is 0.500. The molecule has 1 aliphatic carbocycles. The standard InChI is InChI=1S/C8H8O4/c9-5-1-2-8(11)4-7(10)12-6(8)3-5/h1-2,6,11H,3-4H2/t6-,8+/m0/s1. The average Bonchev–Trinajstić information content (AvgIpc) is 2.24. The van der Waals surface area contributed by atoms with Crippen LogP contribution in [0, 0.1) is 0 Å². The lowest BCUT2D eigenvalue weighted by atomic mass is 9.87. The van der Waals surface area contributed by atoms with E-state index in [9.17, 15) is 14.7 Å². The SMILES string of the molecule is O=C1C=C[C@@]2(O)CC(=O)O[C@H]2C1. The molecular formula is C8H8O4. The van der Waals surface area contributed by atoms with Gasteiger partial charge in [-0.05, 0) is 12.2 Å². The van der Waals surface area contributed by atoms with Crippen molar-refractivity contribution in [2.45, 2.75) is 24.5 Å². The van der Waals surface area contributed by atoms with Gasteiger partial charge in [0.1, 0.15) is 11.7 Å². The van der Waals surface area contributed by atoms with E-state index in [-0.39, 0.29) is 18.6 Å². The zero-order valence-electron chi connectivity index (χ0n) is 6.32. The van der Waals surface area contributed by atoms with Gasteiger partial charge in [-0.25, -0.2) is 0 Å². The van der Waals surface area contributed by atoms with E-state index in [4.69, 9.17) is 4.74 Å². The Bertz CT molecular complexity index is 281. The fourth-order valence-corrected chi connectivity index (χ4v) is 1.52. The van der Waals surface area contributed by atoms with Crippen molar-refractivity contribution in [3.63, 3.8) is 0 Å². The smallest absolute Gasteiger partial charge is 0.309 e. The second-order valence-electron chi connectivity index (χ2n) is 3.15. The molecule has 0 radical (unpaired) electrons. The van der Waals surface area contributed by atoms with Gasteiger partial charge in [0, 0.05) is 0 Å². The third kappa shape index (κ3) is 0.956. The van der Waals surface area contributed by atoms with Crippen LogP contribution in [-0.4, -0.2) is 28.6 Å². The van der Waals surface area contributed by atoms with E-state index in [0.717, 1.165) is 0 Å². The van der Waals surface area contributed by atoms with Crippen molar-refractivity contribution in [2.24, 2.45) is 0 Å². The molecule has 1 fully saturated rings. The summed E-state index contributed by atoms with van der Waals surface area (Å²) < 4.78 is 4.78. The van der Waals surface area contributed by atoms with Crippen molar-refractivity contribution in [1.29, 1.82) is 0 Å². The molecule has 2 atom stereocenters. The number of hydrogen-bond acceptors (Lipinski definition) is 4. The Morgan fingerprint density at radius 2 is 2.33 bits per heavy atom. The Morgan fingerprint density at radius 1 is 1.58 bits per heavy atom. The maximum absolute atomic E-state index is 10.9. The van der Waals surface area contributed by atoms with E-state index in [2.05, 4.69) is 0 Å². The van der Waals surface area contributed by atoms with E-state index >= 15 is 0 Å². The number of rotatable bonds is 0. The molecule has 12 heavy (non-hydrogen) atoms. The number of ketones is 1. The zero-order chi connectivity index (χ0) is 8.77. The molecule has 0 aromatic carbocycles. The van der Waals surface area contributed by atoms with Gasteiger partial charge in [0.05, 0.1) is 12.8 Å². The van der Waals surface area contributed by atoms with Gasteiger partial charge >= 0.3 is 5.97 Å². The van der Waals surface area contributed by atoms with Crippen molar-refractivity contribution < 1.29 is 19.4 Å². The Kier molecular flexibility index (Phi) is 1.35. The molecule has 64 valence electrons. The fourth-order valence-electron chi connectivity index (χ4n) is 1.52. The van der Waals surface area contributed by atoms with Crippen LogP contribution in [0.2, 0.25) is 0 Å². The van der Waals surface area contributed by atoms with Crippen LogP contribution in [0.3, 0.4) is 0 Å². The molecular weight excluding hydrogens is 160 g/mol. The first-order chi connectivity index (χ1) is 5.60. The first-order valence-corrected chi connectivity index (χ1v) is 3.74. The Labute approximate surface area is 68.8 Å². The predicted octanol–water partition coefficient (Wildman–Crippen LogP) is -0.438. The van der Waals surface area contributed by atoms with Crippen LogP contribution in [0.15, 0.2) is 12.2 Å². The second-order valence-corrected chi connectivity index (χ2v) is 3.15. The molecule has 0 bridgehead atoms. The molecule has 2 rings (SSSR count). The molecule has 0 aromatic heterocycles. The van der Waals surface area contributed by atoms with Crippen LogP contribution in [0.4, 0.5) is 0 Å². The minimum atomic E-state index is -1.23. The monoisotopic (exact) mass is 168 g/mol. The Hall–Kier alpha value is -1.16. The van der Waals surface area contributed by atoms with Gasteiger partial charge in [-0.1, -0.05) is 0 Å². The summed E-state index contributed by atoms with van der Waals surface area (Å²) in [5, 5.41) is 9.71. The lowest BCUT2D eigenvalue weighted by molar-refractivity contribution is -0.143. The molecule has 4 heteroatoms. The highest BCUT2D eigenvalue weighted by Crippen LogP contribution is 2.33. The Morgan fingerprint density at radius 3 is 3.08 bits per heavy atom. The number of ether oxygens (including phenoxy) is 1. The van der Waals surface area contributed by atoms with Gasteiger partial charge < -0.3 is 9.84 Å². The summed E-state index contributed by atoms with van der Waals surface area (Å²) in [5.74, 6) is -0.554. The van der Waals surface area contributed by atoms with Crippen LogP contribution in [0.1, 0.15) is 12.8 Å². The molecule has 1 saturated heterocycles. The largest absolute Gasteiger partial charge is 0.458 e. The number of fused-ring (bicyclic) bond motifs is 1. The summed E-state index contributed by atoms with van der Waals surface area (Å²) in [7, 11) is 0. The van der Waals surface area contributed by atoms with Crippen molar-refractivity contribution in [2.75, 3.05) is 0 Å². The average molecular weight is 168 g/mol. The third-order valence-electron chi connectivity index (χ3n) is 2.20. The molecule has 2 aliphatic rings. The highest BCUT2D eigenvalue weighted by atomic mass is 16.6. The number of carbonyl (C=O) groups is 2. The van der Waals surface area contributed by atoms with Crippen molar-refractivity contribution >= 4 is 11.8 Å². The van der Waals surface area contributed by atoms with Gasteiger partial charge in [0.2, 0.25) is 0 Å². The molecule has 1 heterocycles. The lowest BCUT2D eigenvalue weighted by Crippen LogP contribution is -2.40. The molecule has 0 saturated carbocycles. The van der Waals surface area contributed by atoms with Crippen molar-refractivity contribution in [1.82, 2.24) is 0 Å². The van der Waals surface area contributed by atoms with E-state index < -0.39 is 17.7 Å². The molecule has 1 N–H and O–H groups in total. The van der Waals surface area contributed by atoms with Gasteiger partial charge in [0.25, 0.3) is 0 Å². The van der Waals surface area contributed by atoms with Crippen LogP contribution in [0.5, 0.6) is 0 Å². The molecule has 0 spiro atoms. The maximum atomic E-state index is 10.9. The first kappa shape index (κ1) is 7.49. The van der Waals surface area contributed by atoms with E-state index in [1.54, 1.807) is 0 Å². The molecule has 0 unspecified atom stereocenters. The minimum absolute atomic E-state index is 0.0402. The topological polar surface area (TPSA) is 63.6 Å². The van der Waals surface area contributed by atoms with Gasteiger partial charge in [-0.2, -0.15) is 0 Å². The summed E-state index contributed by atoms with van der Waals surface area (Å²) in [6.45, 7) is 0. The van der Waals surface area contributed by atoms with E-state index in [1.807, 2.05) is 0 Å². The number of hydrogen-bond donors (Lipinski definition) is 1. The van der Waals surface area contributed by atoms with Crippen LogP contribution >= 0.6 is 0 Å². The predicted molar refractivity (Wildman–Crippen MR) is 38.2 cm³/mol. The summed E-state index contributed by atoms with van der Waals surface area (Å²) in [5.41, 5.74) is -1.23. The number of aliphatic hydroxyl groups is 1. The van der Waals surface area contributed by atoms with Crippen LogP contribution < -0.4 is 0 Å². The lowest BCUT2D eigenvalue weighted by Gasteiger charge is -2.25. The summed E-state index contributed by atoms with van der Waals surface area (Å²) >= 11 is 0. The maximum Gasteiger partial charge on any atom is 0.309 e. The minimum Gasteiger partial charge on any atom is -0.458 e. The summed E-state index contributed by atoms with van der Waals surface area (Å²) in [4.78, 5) is 21.7. The van der Waals surface area contributed by atoms with Gasteiger partial charge in [-0.3, -0.25) is 9.59 Å². The number of esters is 1. The van der Waals surface area contributed by atoms with Crippen molar-refractivity contribution in [3.05, 3.63) is 12.2 Å². The van der Waals surface area contributed by atoms with Crippen LogP contribution in [0.25, 0.3) is 0 Å². The second kappa shape index (κ2) is 2.17. The van der Waals surface area contributed by atoms with E-state index in [1.165, 1.54) is 12.2 Å². The molecule has 0 aromatic rings. The molecule has 0 amide bonds. The summed E-state index contributed by atoms with van der Waals surface area (Å²) in [6.07, 6.45) is 2.05. The quantitative estimate of drug-likeness (QED) is 0.498.